The van der Waals surface area contributed by atoms with Crippen molar-refractivity contribution in [2.24, 2.45) is 11.0 Å². The molecule has 2 amide bonds. The van der Waals surface area contributed by atoms with Crippen molar-refractivity contribution in [3.63, 3.8) is 0 Å². The number of amides is 2. The lowest BCUT2D eigenvalue weighted by Crippen LogP contribution is -2.45. The van der Waals surface area contributed by atoms with Crippen LogP contribution in [0, 0.1) is 5.92 Å². The van der Waals surface area contributed by atoms with E-state index in [0.717, 1.165) is 32.7 Å². The van der Waals surface area contributed by atoms with Crippen molar-refractivity contribution in [2.45, 2.75) is 39.2 Å². The van der Waals surface area contributed by atoms with Crippen LogP contribution >= 0.6 is 0 Å². The van der Waals surface area contributed by atoms with Crippen molar-refractivity contribution < 1.29 is 14.3 Å². The molecule has 2 aliphatic heterocycles. The van der Waals surface area contributed by atoms with E-state index in [0.29, 0.717) is 31.0 Å². The number of rotatable bonds is 6. The van der Waals surface area contributed by atoms with E-state index in [-0.39, 0.29) is 17.9 Å². The van der Waals surface area contributed by atoms with Gasteiger partial charge >= 0.3 is 0 Å². The van der Waals surface area contributed by atoms with Gasteiger partial charge in [0.1, 0.15) is 5.71 Å². The highest BCUT2D eigenvalue weighted by atomic mass is 16.5. The van der Waals surface area contributed by atoms with Gasteiger partial charge in [-0.3, -0.25) is 14.5 Å². The fourth-order valence-electron chi connectivity index (χ4n) is 2.72. The number of ether oxygens (including phenoxy) is 1. The highest BCUT2D eigenvalue weighted by Gasteiger charge is 2.22. The third-order valence-electron chi connectivity index (χ3n) is 3.76. The molecule has 0 aromatic carbocycles. The molecule has 2 aliphatic rings. The van der Waals surface area contributed by atoms with E-state index in [2.05, 4.69) is 34.6 Å². The van der Waals surface area contributed by atoms with Crippen molar-refractivity contribution in [2.75, 3.05) is 32.8 Å². The van der Waals surface area contributed by atoms with E-state index in [1.807, 2.05) is 0 Å². The third kappa shape index (κ3) is 5.38. The number of hydrogen-bond donors (Lipinski definition) is 2. The average Bonchev–Trinajstić information content (AvgIpc) is 2.47. The van der Waals surface area contributed by atoms with E-state index in [9.17, 15) is 9.59 Å². The third-order valence-corrected chi connectivity index (χ3v) is 3.76. The predicted molar refractivity (Wildman–Crippen MR) is 83.5 cm³/mol. The highest BCUT2D eigenvalue weighted by molar-refractivity contribution is 6.39. The number of carbonyl (C=O) groups is 2. The SMILES string of the molecule is CC(C)CN1CCOC(CCNC(=O)C2=NNC(=O)CC2)C1. The molecule has 0 aromatic heterocycles. The van der Waals surface area contributed by atoms with E-state index in [4.69, 9.17) is 4.74 Å². The summed E-state index contributed by atoms with van der Waals surface area (Å²) in [7, 11) is 0. The Labute approximate surface area is 131 Å². The average molecular weight is 310 g/mol. The number of nitrogens with one attached hydrogen (secondary N) is 2. The van der Waals surface area contributed by atoms with Crippen LogP contribution in [0.2, 0.25) is 0 Å². The maximum absolute atomic E-state index is 11.9. The maximum Gasteiger partial charge on any atom is 0.267 e. The molecular weight excluding hydrogens is 284 g/mol. The van der Waals surface area contributed by atoms with Gasteiger partial charge in [-0.1, -0.05) is 13.8 Å². The van der Waals surface area contributed by atoms with Gasteiger partial charge in [0.05, 0.1) is 12.7 Å². The van der Waals surface area contributed by atoms with Crippen LogP contribution in [0.4, 0.5) is 0 Å². The molecule has 7 nitrogen and oxygen atoms in total. The second kappa shape index (κ2) is 8.24. The molecule has 0 radical (unpaired) electrons. The number of hydrogen-bond acceptors (Lipinski definition) is 5. The van der Waals surface area contributed by atoms with Crippen molar-refractivity contribution in [1.29, 1.82) is 0 Å². The molecular formula is C15H26N4O3. The zero-order valence-electron chi connectivity index (χ0n) is 13.4. The number of hydrazone groups is 1. The number of morpholine rings is 1. The van der Waals surface area contributed by atoms with Crippen molar-refractivity contribution in [3.8, 4) is 0 Å². The summed E-state index contributed by atoms with van der Waals surface area (Å²) >= 11 is 0. The molecule has 1 fully saturated rings. The molecule has 0 saturated carbocycles. The molecule has 0 aliphatic carbocycles. The minimum Gasteiger partial charge on any atom is -0.375 e. The zero-order chi connectivity index (χ0) is 15.9. The van der Waals surface area contributed by atoms with Crippen LogP contribution in [0.5, 0.6) is 0 Å². The molecule has 7 heteroatoms. The summed E-state index contributed by atoms with van der Waals surface area (Å²) in [4.78, 5) is 25.3. The lowest BCUT2D eigenvalue weighted by Gasteiger charge is -2.34. The fraction of sp³-hybridized carbons (Fsp3) is 0.800. The van der Waals surface area contributed by atoms with E-state index in [1.165, 1.54) is 0 Å². The molecule has 0 spiro atoms. The Kier molecular flexibility index (Phi) is 6.33. The van der Waals surface area contributed by atoms with Gasteiger partial charge in [0.15, 0.2) is 0 Å². The molecule has 2 N–H and O–H groups in total. The summed E-state index contributed by atoms with van der Waals surface area (Å²) in [5, 5.41) is 6.64. The van der Waals surface area contributed by atoms with Gasteiger partial charge in [0.2, 0.25) is 5.91 Å². The van der Waals surface area contributed by atoms with Gasteiger partial charge in [-0.25, -0.2) is 5.43 Å². The Hall–Kier alpha value is -1.47. The smallest absolute Gasteiger partial charge is 0.267 e. The Balaban J connectivity index is 1.67. The highest BCUT2D eigenvalue weighted by Crippen LogP contribution is 2.10. The van der Waals surface area contributed by atoms with Crippen LogP contribution in [0.3, 0.4) is 0 Å². The van der Waals surface area contributed by atoms with Crippen molar-refractivity contribution in [1.82, 2.24) is 15.6 Å². The molecule has 1 unspecified atom stereocenters. The molecule has 1 saturated heterocycles. The predicted octanol–water partition coefficient (Wildman–Crippen LogP) is 0.116. The Morgan fingerprint density at radius 2 is 2.32 bits per heavy atom. The van der Waals surface area contributed by atoms with Crippen molar-refractivity contribution >= 4 is 17.5 Å². The molecule has 2 heterocycles. The van der Waals surface area contributed by atoms with Crippen LogP contribution in [0.1, 0.15) is 33.1 Å². The Morgan fingerprint density at radius 1 is 1.50 bits per heavy atom. The molecule has 1 atom stereocenters. The standard InChI is InChI=1S/C15H26N4O3/c1-11(2)9-19-7-8-22-12(10-19)5-6-16-15(21)13-3-4-14(20)18-17-13/h11-12H,3-10H2,1-2H3,(H,16,21)(H,18,20). The summed E-state index contributed by atoms with van der Waals surface area (Å²) in [6.45, 7) is 8.74. The molecule has 0 bridgehead atoms. The summed E-state index contributed by atoms with van der Waals surface area (Å²) in [5.74, 6) is 0.310. The Morgan fingerprint density at radius 3 is 3.00 bits per heavy atom. The molecule has 22 heavy (non-hydrogen) atoms. The second-order valence-corrected chi connectivity index (χ2v) is 6.28. The summed E-state index contributed by atoms with van der Waals surface area (Å²) < 4.78 is 5.75. The lowest BCUT2D eigenvalue weighted by molar-refractivity contribution is -0.121. The molecule has 0 aromatic rings. The van der Waals surface area contributed by atoms with E-state index < -0.39 is 0 Å². The van der Waals surface area contributed by atoms with Gasteiger partial charge in [-0.2, -0.15) is 5.10 Å². The second-order valence-electron chi connectivity index (χ2n) is 6.28. The van der Waals surface area contributed by atoms with Gasteiger partial charge < -0.3 is 10.1 Å². The van der Waals surface area contributed by atoms with Crippen LogP contribution < -0.4 is 10.7 Å². The first-order valence-electron chi connectivity index (χ1n) is 8.02. The fourth-order valence-corrected chi connectivity index (χ4v) is 2.72. The van der Waals surface area contributed by atoms with E-state index in [1.54, 1.807) is 0 Å². The Bertz CT molecular complexity index is 437. The summed E-state index contributed by atoms with van der Waals surface area (Å²) in [6, 6.07) is 0. The van der Waals surface area contributed by atoms with Crippen LogP contribution in [-0.4, -0.2) is 61.3 Å². The lowest BCUT2D eigenvalue weighted by atomic mass is 10.1. The minimum atomic E-state index is -0.199. The van der Waals surface area contributed by atoms with Gasteiger partial charge in [-0.15, -0.1) is 0 Å². The first-order chi connectivity index (χ1) is 10.5. The number of carbonyl (C=O) groups excluding carboxylic acids is 2. The summed E-state index contributed by atoms with van der Waals surface area (Å²) in [5.41, 5.74) is 2.73. The number of nitrogens with zero attached hydrogens (tertiary/aromatic N) is 2. The summed E-state index contributed by atoms with van der Waals surface area (Å²) in [6.07, 6.45) is 1.68. The van der Waals surface area contributed by atoms with Gasteiger partial charge in [0, 0.05) is 39.0 Å². The van der Waals surface area contributed by atoms with E-state index >= 15 is 0 Å². The molecule has 124 valence electrons. The first-order valence-corrected chi connectivity index (χ1v) is 8.02. The van der Waals surface area contributed by atoms with Crippen LogP contribution in [0.25, 0.3) is 0 Å². The minimum absolute atomic E-state index is 0.141. The van der Waals surface area contributed by atoms with Crippen LogP contribution in [-0.2, 0) is 14.3 Å². The monoisotopic (exact) mass is 310 g/mol. The first kappa shape index (κ1) is 16.9. The normalized spacial score (nSPS) is 23.1. The largest absolute Gasteiger partial charge is 0.375 e. The van der Waals surface area contributed by atoms with Gasteiger partial charge in [0.25, 0.3) is 5.91 Å². The molecule has 2 rings (SSSR count). The zero-order valence-corrected chi connectivity index (χ0v) is 13.4. The quantitative estimate of drug-likeness (QED) is 0.730. The van der Waals surface area contributed by atoms with Crippen LogP contribution in [0.15, 0.2) is 5.10 Å². The van der Waals surface area contributed by atoms with Crippen molar-refractivity contribution in [3.05, 3.63) is 0 Å². The topological polar surface area (TPSA) is 83.0 Å². The maximum atomic E-state index is 11.9. The van der Waals surface area contributed by atoms with Gasteiger partial charge in [-0.05, 0) is 12.3 Å².